The van der Waals surface area contributed by atoms with Gasteiger partial charge in [0, 0.05) is 36.9 Å². The molecule has 12 rings (SSSR count). The van der Waals surface area contributed by atoms with Gasteiger partial charge in [-0.15, -0.1) is 11.3 Å². The molecule has 0 aliphatic heterocycles. The van der Waals surface area contributed by atoms with E-state index < -0.39 is 0 Å². The largest absolute Gasteiger partial charge is 0.208 e. The maximum Gasteiger partial charge on any atom is 0.164 e. The molecule has 2 aromatic heterocycles. The van der Waals surface area contributed by atoms with Crippen molar-refractivity contribution in [1.82, 2.24) is 15.0 Å². The standard InChI is InChI=1S/C49H27N3S/c1-2-9-31(10-3-1)47-50-48(33-23-24-36-35-14-4-5-18-41(35)53-42(36)27-33)52-49(51-47)34-25-32-22-21-30-12-7-16-38-37-15-6-11-28-19-20-29-13-8-17-39(45(29)43(28)37)40(26-34)46(32)44(30)38/h1-27H. The van der Waals surface area contributed by atoms with E-state index in [0.29, 0.717) is 17.5 Å². The van der Waals surface area contributed by atoms with Crippen molar-refractivity contribution >= 4 is 96.1 Å². The Morgan fingerprint density at radius 3 is 1.47 bits per heavy atom. The van der Waals surface area contributed by atoms with Crippen LogP contribution >= 0.6 is 11.3 Å². The van der Waals surface area contributed by atoms with E-state index in [1.165, 1.54) is 79.4 Å². The van der Waals surface area contributed by atoms with E-state index in [4.69, 9.17) is 15.0 Å². The lowest BCUT2D eigenvalue weighted by molar-refractivity contribution is 1.08. The van der Waals surface area contributed by atoms with Crippen molar-refractivity contribution in [3.8, 4) is 34.2 Å². The van der Waals surface area contributed by atoms with Crippen LogP contribution in [0.3, 0.4) is 0 Å². The molecule has 0 radical (unpaired) electrons. The van der Waals surface area contributed by atoms with E-state index in [1.807, 2.05) is 29.5 Å². The van der Waals surface area contributed by atoms with E-state index in [2.05, 4.69) is 146 Å². The summed E-state index contributed by atoms with van der Waals surface area (Å²) in [5, 5.41) is 17.5. The zero-order valence-corrected chi connectivity index (χ0v) is 29.2. The Bertz CT molecular complexity index is 3450. The second-order valence-electron chi connectivity index (χ2n) is 13.9. The third kappa shape index (κ3) is 4.24. The maximum atomic E-state index is 5.27. The van der Waals surface area contributed by atoms with Crippen LogP contribution in [-0.4, -0.2) is 15.0 Å². The highest BCUT2D eigenvalue weighted by atomic mass is 32.1. The third-order valence-electron chi connectivity index (χ3n) is 11.0. The Hall–Kier alpha value is -6.75. The van der Waals surface area contributed by atoms with Gasteiger partial charge < -0.3 is 0 Å². The van der Waals surface area contributed by atoms with E-state index >= 15 is 0 Å². The minimum atomic E-state index is 0.657. The van der Waals surface area contributed by atoms with Gasteiger partial charge in [-0.1, -0.05) is 140 Å². The molecule has 244 valence electrons. The Morgan fingerprint density at radius 2 is 0.792 bits per heavy atom. The summed E-state index contributed by atoms with van der Waals surface area (Å²) in [7, 11) is 0. The minimum absolute atomic E-state index is 0.657. The first kappa shape index (κ1) is 28.9. The lowest BCUT2D eigenvalue weighted by atomic mass is 9.87. The zero-order chi connectivity index (χ0) is 34.6. The Morgan fingerprint density at radius 1 is 0.283 bits per heavy atom. The highest BCUT2D eigenvalue weighted by Crippen LogP contribution is 2.44. The summed E-state index contributed by atoms with van der Waals surface area (Å²) in [6.07, 6.45) is 0. The van der Waals surface area contributed by atoms with Crippen LogP contribution in [0.1, 0.15) is 0 Å². The average molecular weight is 690 g/mol. The van der Waals surface area contributed by atoms with Crippen molar-refractivity contribution < 1.29 is 0 Å². The normalized spacial score (nSPS) is 12.2. The molecule has 0 atom stereocenters. The summed E-state index contributed by atoms with van der Waals surface area (Å²) < 4.78 is 2.50. The average Bonchev–Trinajstić information content (AvgIpc) is 3.60. The molecule has 0 unspecified atom stereocenters. The summed E-state index contributed by atoms with van der Waals surface area (Å²) in [6.45, 7) is 0. The number of fused-ring (bicyclic) bond motifs is 5. The Labute approximate surface area is 307 Å². The van der Waals surface area contributed by atoms with Crippen molar-refractivity contribution in [3.05, 3.63) is 164 Å². The van der Waals surface area contributed by atoms with Gasteiger partial charge in [0.15, 0.2) is 17.5 Å². The summed E-state index contributed by atoms with van der Waals surface area (Å²) >= 11 is 1.81. The van der Waals surface area contributed by atoms with Crippen LogP contribution in [0.4, 0.5) is 0 Å². The molecule has 0 N–H and O–H groups in total. The fourth-order valence-corrected chi connectivity index (χ4v) is 9.77. The van der Waals surface area contributed by atoms with Crippen molar-refractivity contribution in [1.29, 1.82) is 0 Å². The van der Waals surface area contributed by atoms with Crippen molar-refractivity contribution in [2.75, 3.05) is 0 Å². The van der Waals surface area contributed by atoms with Gasteiger partial charge in [-0.25, -0.2) is 15.0 Å². The third-order valence-corrected chi connectivity index (χ3v) is 12.1. The number of hydrogen-bond donors (Lipinski definition) is 0. The van der Waals surface area contributed by atoms with Gasteiger partial charge in [-0.2, -0.15) is 0 Å². The van der Waals surface area contributed by atoms with Crippen molar-refractivity contribution in [2.24, 2.45) is 0 Å². The topological polar surface area (TPSA) is 38.7 Å². The van der Waals surface area contributed by atoms with Crippen LogP contribution < -0.4 is 0 Å². The SMILES string of the molecule is c1ccc(-c2nc(-c3ccc4c(c3)sc3ccccc34)nc(-c3cc4ccc5cccc6c7cccc8ccc9cccc(c(c3)c4c56)c9c87)n2)cc1. The lowest BCUT2D eigenvalue weighted by Crippen LogP contribution is -2.00. The van der Waals surface area contributed by atoms with Gasteiger partial charge in [0.25, 0.3) is 0 Å². The predicted molar refractivity (Wildman–Crippen MR) is 225 cm³/mol. The van der Waals surface area contributed by atoms with Crippen LogP contribution in [0.5, 0.6) is 0 Å². The molecule has 0 spiro atoms. The van der Waals surface area contributed by atoms with Crippen LogP contribution in [0, 0.1) is 0 Å². The number of benzene rings is 9. The molecular weight excluding hydrogens is 663 g/mol. The molecule has 0 aliphatic rings. The Kier molecular flexibility index (Phi) is 5.93. The summed E-state index contributed by atoms with van der Waals surface area (Å²) in [6, 6.07) is 59.2. The van der Waals surface area contributed by atoms with Crippen LogP contribution in [0.25, 0.3) is 119 Å². The number of thiophene rings is 1. The quantitative estimate of drug-likeness (QED) is 0.173. The van der Waals surface area contributed by atoms with Gasteiger partial charge >= 0.3 is 0 Å². The Balaban J connectivity index is 1.20. The number of rotatable bonds is 3. The first-order valence-electron chi connectivity index (χ1n) is 17.9. The molecule has 0 amide bonds. The lowest BCUT2D eigenvalue weighted by Gasteiger charge is -2.17. The van der Waals surface area contributed by atoms with E-state index in [-0.39, 0.29) is 0 Å². The first-order valence-corrected chi connectivity index (χ1v) is 18.8. The van der Waals surface area contributed by atoms with Gasteiger partial charge in [-0.05, 0) is 88.9 Å². The van der Waals surface area contributed by atoms with Crippen molar-refractivity contribution in [2.45, 2.75) is 0 Å². The molecule has 3 nitrogen and oxygen atoms in total. The number of aromatic nitrogens is 3. The number of nitrogens with zero attached hydrogens (tertiary/aromatic N) is 3. The van der Waals surface area contributed by atoms with Crippen molar-refractivity contribution in [3.63, 3.8) is 0 Å². The molecule has 53 heavy (non-hydrogen) atoms. The molecule has 4 heteroatoms. The van der Waals surface area contributed by atoms with E-state index in [9.17, 15) is 0 Å². The summed E-state index contributed by atoms with van der Waals surface area (Å²) in [5.41, 5.74) is 2.90. The van der Waals surface area contributed by atoms with Gasteiger partial charge in [-0.3, -0.25) is 0 Å². The van der Waals surface area contributed by atoms with Gasteiger partial charge in [0.05, 0.1) is 0 Å². The maximum absolute atomic E-state index is 5.27. The van der Waals surface area contributed by atoms with E-state index in [0.717, 1.165) is 22.1 Å². The summed E-state index contributed by atoms with van der Waals surface area (Å²) in [5.74, 6) is 1.98. The second kappa shape index (κ2) is 10.9. The second-order valence-corrected chi connectivity index (χ2v) is 15.0. The molecular formula is C49H27N3S. The van der Waals surface area contributed by atoms with Crippen LogP contribution in [0.15, 0.2) is 164 Å². The monoisotopic (exact) mass is 689 g/mol. The minimum Gasteiger partial charge on any atom is -0.208 e. The molecule has 0 fully saturated rings. The molecule has 0 saturated carbocycles. The van der Waals surface area contributed by atoms with Crippen LogP contribution in [-0.2, 0) is 0 Å². The van der Waals surface area contributed by atoms with Crippen LogP contribution in [0.2, 0.25) is 0 Å². The van der Waals surface area contributed by atoms with E-state index in [1.54, 1.807) is 0 Å². The fraction of sp³-hybridized carbons (Fsp3) is 0. The van der Waals surface area contributed by atoms with Gasteiger partial charge in [0.2, 0.25) is 0 Å². The fourth-order valence-electron chi connectivity index (χ4n) is 8.63. The molecule has 12 aromatic rings. The van der Waals surface area contributed by atoms with Gasteiger partial charge in [0.1, 0.15) is 0 Å². The first-order chi connectivity index (χ1) is 26.2. The molecule has 0 saturated heterocycles. The molecule has 0 aliphatic carbocycles. The predicted octanol–water partition coefficient (Wildman–Crippen LogP) is 13.6. The smallest absolute Gasteiger partial charge is 0.164 e. The molecule has 10 aromatic carbocycles. The summed E-state index contributed by atoms with van der Waals surface area (Å²) in [4.78, 5) is 15.6. The molecule has 2 heterocycles. The highest BCUT2D eigenvalue weighted by molar-refractivity contribution is 7.25. The zero-order valence-electron chi connectivity index (χ0n) is 28.3. The molecule has 0 bridgehead atoms. The highest BCUT2D eigenvalue weighted by Gasteiger charge is 2.19. The number of hydrogen-bond acceptors (Lipinski definition) is 4.